The monoisotopic (exact) mass is 304 g/mol. The Balaban J connectivity index is 1.72. The maximum absolute atomic E-state index is 5.77. The fourth-order valence-corrected chi connectivity index (χ4v) is 2.88. The van der Waals surface area contributed by atoms with Crippen molar-refractivity contribution in [3.05, 3.63) is 45.9 Å². The summed E-state index contributed by atoms with van der Waals surface area (Å²) in [4.78, 5) is 5.75. The SMILES string of the molecule is CCCNCc1cnc(CCOc2ccc(CC)cc2)s1. The summed E-state index contributed by atoms with van der Waals surface area (Å²) in [5, 5.41) is 4.54. The van der Waals surface area contributed by atoms with E-state index < -0.39 is 0 Å². The van der Waals surface area contributed by atoms with E-state index in [-0.39, 0.29) is 0 Å². The molecule has 0 bridgehead atoms. The van der Waals surface area contributed by atoms with E-state index in [1.54, 1.807) is 11.3 Å². The lowest BCUT2D eigenvalue weighted by molar-refractivity contribution is 0.321. The second-order valence-electron chi connectivity index (χ2n) is 4.99. The molecule has 1 N–H and O–H groups in total. The molecule has 0 aliphatic carbocycles. The van der Waals surface area contributed by atoms with Crippen LogP contribution >= 0.6 is 11.3 Å². The molecule has 2 aromatic rings. The molecule has 0 atom stereocenters. The Morgan fingerprint density at radius 2 is 2.00 bits per heavy atom. The van der Waals surface area contributed by atoms with Gasteiger partial charge in [0.2, 0.25) is 0 Å². The summed E-state index contributed by atoms with van der Waals surface area (Å²) in [6, 6.07) is 8.33. The molecule has 4 heteroatoms. The number of hydrogen-bond donors (Lipinski definition) is 1. The van der Waals surface area contributed by atoms with Crippen LogP contribution in [0.15, 0.2) is 30.5 Å². The van der Waals surface area contributed by atoms with Gasteiger partial charge >= 0.3 is 0 Å². The Kier molecular flexibility index (Phi) is 6.70. The van der Waals surface area contributed by atoms with Crippen LogP contribution < -0.4 is 10.1 Å². The number of aryl methyl sites for hydroxylation is 1. The molecule has 0 saturated carbocycles. The third kappa shape index (κ3) is 5.48. The molecule has 21 heavy (non-hydrogen) atoms. The highest BCUT2D eigenvalue weighted by Crippen LogP contribution is 2.15. The summed E-state index contributed by atoms with van der Waals surface area (Å²) in [7, 11) is 0. The number of hydrogen-bond acceptors (Lipinski definition) is 4. The molecule has 1 heterocycles. The highest BCUT2D eigenvalue weighted by atomic mass is 32.1. The lowest BCUT2D eigenvalue weighted by Gasteiger charge is -2.05. The molecule has 0 amide bonds. The Morgan fingerprint density at radius 3 is 2.71 bits per heavy atom. The number of rotatable bonds is 9. The largest absolute Gasteiger partial charge is 0.493 e. The first kappa shape index (κ1) is 16.0. The average molecular weight is 304 g/mol. The predicted octanol–water partition coefficient (Wildman–Crippen LogP) is 3.83. The minimum atomic E-state index is 0.681. The van der Waals surface area contributed by atoms with Gasteiger partial charge < -0.3 is 10.1 Å². The Bertz CT molecular complexity index is 522. The van der Waals surface area contributed by atoms with Crippen molar-refractivity contribution in [3.8, 4) is 5.75 Å². The molecule has 1 aromatic heterocycles. The summed E-state index contributed by atoms with van der Waals surface area (Å²) in [6.07, 6.45) is 5.07. The van der Waals surface area contributed by atoms with E-state index in [4.69, 9.17) is 4.74 Å². The number of nitrogens with zero attached hydrogens (tertiary/aromatic N) is 1. The van der Waals surface area contributed by atoms with E-state index in [1.165, 1.54) is 10.4 Å². The van der Waals surface area contributed by atoms with E-state index in [0.29, 0.717) is 6.61 Å². The first-order valence-corrected chi connectivity index (χ1v) is 8.49. The van der Waals surface area contributed by atoms with Gasteiger partial charge in [-0.1, -0.05) is 26.0 Å². The number of thiazole rings is 1. The van der Waals surface area contributed by atoms with Crippen molar-refractivity contribution in [2.75, 3.05) is 13.2 Å². The molecular formula is C17H24N2OS. The minimum Gasteiger partial charge on any atom is -0.493 e. The second-order valence-corrected chi connectivity index (χ2v) is 6.19. The molecule has 2 rings (SSSR count). The fourth-order valence-electron chi connectivity index (χ4n) is 2.01. The third-order valence-corrected chi connectivity index (χ3v) is 4.30. The van der Waals surface area contributed by atoms with Gasteiger partial charge in [-0.25, -0.2) is 4.98 Å². The average Bonchev–Trinajstić information content (AvgIpc) is 2.96. The molecule has 0 spiro atoms. The second kappa shape index (κ2) is 8.80. The Morgan fingerprint density at radius 1 is 1.19 bits per heavy atom. The van der Waals surface area contributed by atoms with Gasteiger partial charge in [-0.2, -0.15) is 0 Å². The van der Waals surface area contributed by atoms with Gasteiger partial charge in [0.15, 0.2) is 0 Å². The van der Waals surface area contributed by atoms with Crippen molar-refractivity contribution in [2.24, 2.45) is 0 Å². The van der Waals surface area contributed by atoms with Crippen LogP contribution in [-0.2, 0) is 19.4 Å². The van der Waals surface area contributed by atoms with Gasteiger partial charge in [-0.05, 0) is 37.1 Å². The van der Waals surface area contributed by atoms with Crippen molar-refractivity contribution in [3.63, 3.8) is 0 Å². The van der Waals surface area contributed by atoms with Crippen LogP contribution in [0, 0.1) is 0 Å². The summed E-state index contributed by atoms with van der Waals surface area (Å²) in [5.74, 6) is 0.939. The van der Waals surface area contributed by atoms with Crippen LogP contribution in [0.2, 0.25) is 0 Å². The zero-order valence-electron chi connectivity index (χ0n) is 12.9. The van der Waals surface area contributed by atoms with Crippen molar-refractivity contribution < 1.29 is 4.74 Å². The molecule has 0 saturated heterocycles. The summed E-state index contributed by atoms with van der Waals surface area (Å²) in [5.41, 5.74) is 1.34. The van der Waals surface area contributed by atoms with E-state index in [1.807, 2.05) is 18.3 Å². The van der Waals surface area contributed by atoms with Crippen LogP contribution in [0.3, 0.4) is 0 Å². The zero-order valence-corrected chi connectivity index (χ0v) is 13.7. The number of nitrogens with one attached hydrogen (secondary N) is 1. The molecule has 0 aliphatic rings. The van der Waals surface area contributed by atoms with Gasteiger partial charge in [0.05, 0.1) is 11.6 Å². The van der Waals surface area contributed by atoms with Crippen LogP contribution in [0.25, 0.3) is 0 Å². The molecule has 1 aromatic carbocycles. The maximum atomic E-state index is 5.77. The molecule has 0 unspecified atom stereocenters. The minimum absolute atomic E-state index is 0.681. The van der Waals surface area contributed by atoms with E-state index in [2.05, 4.69) is 36.3 Å². The number of aromatic nitrogens is 1. The van der Waals surface area contributed by atoms with Crippen molar-refractivity contribution in [1.82, 2.24) is 10.3 Å². The van der Waals surface area contributed by atoms with Gasteiger partial charge in [0.25, 0.3) is 0 Å². The van der Waals surface area contributed by atoms with E-state index >= 15 is 0 Å². The first-order valence-electron chi connectivity index (χ1n) is 7.67. The predicted molar refractivity (Wildman–Crippen MR) is 89.1 cm³/mol. The van der Waals surface area contributed by atoms with Crippen molar-refractivity contribution in [1.29, 1.82) is 0 Å². The topological polar surface area (TPSA) is 34.2 Å². The van der Waals surface area contributed by atoms with Crippen LogP contribution in [0.5, 0.6) is 5.75 Å². The maximum Gasteiger partial charge on any atom is 0.119 e. The highest BCUT2D eigenvalue weighted by Gasteiger charge is 2.02. The third-order valence-electron chi connectivity index (χ3n) is 3.24. The summed E-state index contributed by atoms with van der Waals surface area (Å²) < 4.78 is 5.77. The van der Waals surface area contributed by atoms with Crippen molar-refractivity contribution in [2.45, 2.75) is 39.7 Å². The molecule has 0 radical (unpaired) electrons. The summed E-state index contributed by atoms with van der Waals surface area (Å²) in [6.45, 7) is 7.00. The quantitative estimate of drug-likeness (QED) is 0.715. The van der Waals surface area contributed by atoms with E-state index in [9.17, 15) is 0 Å². The molecular weight excluding hydrogens is 280 g/mol. The van der Waals surface area contributed by atoms with Crippen LogP contribution in [0.4, 0.5) is 0 Å². The van der Waals surface area contributed by atoms with E-state index in [0.717, 1.165) is 43.1 Å². The normalized spacial score (nSPS) is 10.8. The molecule has 0 fully saturated rings. The van der Waals surface area contributed by atoms with Gasteiger partial charge in [-0.3, -0.25) is 0 Å². The molecule has 114 valence electrons. The first-order chi connectivity index (χ1) is 10.3. The summed E-state index contributed by atoms with van der Waals surface area (Å²) >= 11 is 1.77. The number of ether oxygens (including phenoxy) is 1. The molecule has 0 aliphatic heterocycles. The van der Waals surface area contributed by atoms with Crippen LogP contribution in [-0.4, -0.2) is 18.1 Å². The lowest BCUT2D eigenvalue weighted by Crippen LogP contribution is -2.12. The Labute approximate surface area is 131 Å². The zero-order chi connectivity index (χ0) is 14.9. The van der Waals surface area contributed by atoms with Crippen molar-refractivity contribution >= 4 is 11.3 Å². The van der Waals surface area contributed by atoms with Crippen LogP contribution in [0.1, 0.15) is 35.7 Å². The van der Waals surface area contributed by atoms with Gasteiger partial charge in [0.1, 0.15) is 5.75 Å². The smallest absolute Gasteiger partial charge is 0.119 e. The van der Waals surface area contributed by atoms with Gasteiger partial charge in [-0.15, -0.1) is 11.3 Å². The number of benzene rings is 1. The fraction of sp³-hybridized carbons (Fsp3) is 0.471. The standard InChI is InChI=1S/C17H24N2OS/c1-3-10-18-12-16-13-19-17(21-16)9-11-20-15-7-5-14(4-2)6-8-15/h5-8,13,18H,3-4,9-12H2,1-2H3. The highest BCUT2D eigenvalue weighted by molar-refractivity contribution is 7.11. The Hall–Kier alpha value is -1.39. The van der Waals surface area contributed by atoms with Gasteiger partial charge in [0, 0.05) is 24.0 Å². The lowest BCUT2D eigenvalue weighted by atomic mass is 10.2. The molecule has 3 nitrogen and oxygen atoms in total.